The maximum absolute atomic E-state index is 12.3. The van der Waals surface area contributed by atoms with Gasteiger partial charge in [-0.15, -0.1) is 0 Å². The van der Waals surface area contributed by atoms with E-state index in [4.69, 9.17) is 9.15 Å². The lowest BCUT2D eigenvalue weighted by Gasteiger charge is -2.14. The molecule has 1 aromatic heterocycles. The Morgan fingerprint density at radius 2 is 1.71 bits per heavy atom. The largest absolute Gasteiger partial charge is 0.463 e. The second-order valence-electron chi connectivity index (χ2n) is 8.00. The normalized spacial score (nSPS) is 12.5. The van der Waals surface area contributed by atoms with Crippen LogP contribution in [0.25, 0.3) is 28.2 Å². The van der Waals surface area contributed by atoms with Crippen molar-refractivity contribution in [3.8, 4) is 11.1 Å². The van der Waals surface area contributed by atoms with Gasteiger partial charge in [0.15, 0.2) is 6.29 Å². The summed E-state index contributed by atoms with van der Waals surface area (Å²) in [5.41, 5.74) is 5.44. The van der Waals surface area contributed by atoms with Crippen LogP contribution in [-0.2, 0) is 4.74 Å². The molecule has 0 aliphatic heterocycles. The van der Waals surface area contributed by atoms with Gasteiger partial charge in [0.05, 0.1) is 10.9 Å². The minimum atomic E-state index is -0.499. The fourth-order valence-electron chi connectivity index (χ4n) is 4.34. The van der Waals surface area contributed by atoms with Crippen LogP contribution in [0.2, 0.25) is 0 Å². The Hall–Kier alpha value is -4.45. The van der Waals surface area contributed by atoms with Gasteiger partial charge in [0.1, 0.15) is 18.5 Å². The number of carbonyl (C=O) groups is 2. The van der Waals surface area contributed by atoms with Gasteiger partial charge in [-0.1, -0.05) is 66.7 Å². The maximum Gasteiger partial charge on any atom is 0.407 e. The number of hydrogen-bond donors (Lipinski definition) is 1. The zero-order valence-electron chi connectivity index (χ0n) is 18.2. The number of nitrogens with one attached hydrogen (secondary N) is 1. The van der Waals surface area contributed by atoms with Crippen molar-refractivity contribution in [2.45, 2.75) is 5.92 Å². The van der Waals surface area contributed by atoms with Gasteiger partial charge in [0, 0.05) is 12.5 Å². The fraction of sp³-hybridized carbons (Fsp3) is 0.107. The zero-order chi connectivity index (χ0) is 23.5. The Morgan fingerprint density at radius 1 is 1.00 bits per heavy atom. The summed E-state index contributed by atoms with van der Waals surface area (Å²) in [4.78, 5) is 35.5. The van der Waals surface area contributed by atoms with E-state index in [1.165, 1.54) is 11.1 Å². The molecule has 1 amide bonds. The van der Waals surface area contributed by atoms with Crippen molar-refractivity contribution in [2.24, 2.45) is 0 Å². The van der Waals surface area contributed by atoms with Crippen LogP contribution in [0.15, 0.2) is 88.3 Å². The minimum Gasteiger partial charge on any atom is -0.463 e. The van der Waals surface area contributed by atoms with Gasteiger partial charge in [-0.25, -0.2) is 4.79 Å². The van der Waals surface area contributed by atoms with Crippen LogP contribution in [0, 0.1) is 0 Å². The van der Waals surface area contributed by atoms with Crippen LogP contribution in [0.4, 0.5) is 4.79 Å². The van der Waals surface area contributed by atoms with Gasteiger partial charge in [-0.05, 0) is 39.9 Å². The molecule has 0 radical (unpaired) electrons. The fourth-order valence-corrected chi connectivity index (χ4v) is 4.34. The first-order valence-electron chi connectivity index (χ1n) is 10.9. The molecule has 0 spiro atoms. The van der Waals surface area contributed by atoms with Crippen molar-refractivity contribution in [1.29, 1.82) is 0 Å². The highest BCUT2D eigenvalue weighted by Crippen LogP contribution is 2.44. The van der Waals surface area contributed by atoms with Crippen molar-refractivity contribution in [2.75, 3.05) is 13.2 Å². The van der Waals surface area contributed by atoms with Crippen LogP contribution in [0.5, 0.6) is 0 Å². The molecule has 4 aromatic rings. The number of benzene rings is 3. The first kappa shape index (κ1) is 21.4. The van der Waals surface area contributed by atoms with Crippen LogP contribution in [0.3, 0.4) is 0 Å². The van der Waals surface area contributed by atoms with Gasteiger partial charge < -0.3 is 14.5 Å². The smallest absolute Gasteiger partial charge is 0.407 e. The Bertz CT molecular complexity index is 1440. The van der Waals surface area contributed by atoms with E-state index in [0.29, 0.717) is 17.3 Å². The highest BCUT2D eigenvalue weighted by atomic mass is 16.5. The molecule has 1 aliphatic rings. The maximum atomic E-state index is 12.3. The summed E-state index contributed by atoms with van der Waals surface area (Å²) in [5.74, 6) is 0.00856. The predicted octanol–water partition coefficient (Wildman–Crippen LogP) is 5.16. The number of hydrogen-bond acceptors (Lipinski definition) is 5. The minimum absolute atomic E-state index is 0.00856. The van der Waals surface area contributed by atoms with Crippen LogP contribution < -0.4 is 10.7 Å². The van der Waals surface area contributed by atoms with E-state index in [0.717, 1.165) is 23.0 Å². The summed E-state index contributed by atoms with van der Waals surface area (Å²) >= 11 is 0. The number of rotatable bonds is 6. The van der Waals surface area contributed by atoms with Gasteiger partial charge >= 0.3 is 6.09 Å². The molecule has 34 heavy (non-hydrogen) atoms. The van der Waals surface area contributed by atoms with E-state index >= 15 is 0 Å². The number of amides is 1. The first-order chi connectivity index (χ1) is 16.7. The molecule has 1 heterocycles. The Balaban J connectivity index is 1.20. The molecule has 0 unspecified atom stereocenters. The highest BCUT2D eigenvalue weighted by Gasteiger charge is 2.28. The van der Waals surface area contributed by atoms with E-state index < -0.39 is 6.09 Å². The number of alkyl carbamates (subject to hydrolysis) is 1. The number of ether oxygens (including phenoxy) is 1. The van der Waals surface area contributed by atoms with Gasteiger partial charge in [0.2, 0.25) is 5.43 Å². The summed E-state index contributed by atoms with van der Waals surface area (Å²) in [7, 11) is 0. The molecule has 168 valence electrons. The summed E-state index contributed by atoms with van der Waals surface area (Å²) in [6.45, 7) is 0.515. The second kappa shape index (κ2) is 9.19. The van der Waals surface area contributed by atoms with Crippen LogP contribution >= 0.6 is 0 Å². The van der Waals surface area contributed by atoms with Crippen molar-refractivity contribution < 1.29 is 18.7 Å². The predicted molar refractivity (Wildman–Crippen MR) is 130 cm³/mol. The SMILES string of the molecule is O=Cc1coc2ccc(C=CCNC(=O)OCC3c4ccccc4-c4ccccc43)cc2c1=O. The third-order valence-corrected chi connectivity index (χ3v) is 5.97. The highest BCUT2D eigenvalue weighted by molar-refractivity contribution is 5.85. The Labute approximate surface area is 195 Å². The van der Waals surface area contributed by atoms with Crippen molar-refractivity contribution in [1.82, 2.24) is 5.32 Å². The van der Waals surface area contributed by atoms with Crippen LogP contribution in [-0.4, -0.2) is 25.5 Å². The summed E-state index contributed by atoms with van der Waals surface area (Å²) in [5, 5.41) is 3.05. The zero-order valence-corrected chi connectivity index (χ0v) is 18.2. The van der Waals surface area contributed by atoms with Crippen molar-refractivity contribution in [3.63, 3.8) is 0 Å². The lowest BCUT2D eigenvalue weighted by atomic mass is 9.98. The van der Waals surface area contributed by atoms with E-state index in [-0.39, 0.29) is 30.1 Å². The van der Waals surface area contributed by atoms with Crippen LogP contribution in [0.1, 0.15) is 33.0 Å². The standard InChI is InChI=1S/C28H21NO5/c30-15-19-16-33-26-12-11-18(14-24(26)27(19)31)6-5-13-29-28(32)34-17-25-22-9-3-1-7-20(22)21-8-2-4-10-23(21)25/h1-12,14-16,25H,13,17H2,(H,29,32). The van der Waals surface area contributed by atoms with E-state index in [9.17, 15) is 14.4 Å². The molecule has 0 saturated heterocycles. The molecule has 0 fully saturated rings. The Kier molecular flexibility index (Phi) is 5.79. The summed E-state index contributed by atoms with van der Waals surface area (Å²) in [6, 6.07) is 21.5. The van der Waals surface area contributed by atoms with Crippen molar-refractivity contribution >= 4 is 29.4 Å². The molecule has 0 atom stereocenters. The monoisotopic (exact) mass is 451 g/mol. The lowest BCUT2D eigenvalue weighted by Crippen LogP contribution is -2.26. The number of carbonyl (C=O) groups excluding carboxylic acids is 2. The van der Waals surface area contributed by atoms with Gasteiger partial charge in [-0.2, -0.15) is 0 Å². The topological polar surface area (TPSA) is 85.6 Å². The van der Waals surface area contributed by atoms with Gasteiger partial charge in [0.25, 0.3) is 0 Å². The Morgan fingerprint density at radius 3 is 2.41 bits per heavy atom. The van der Waals surface area contributed by atoms with Crippen molar-refractivity contribution in [3.05, 3.63) is 112 Å². The molecule has 5 rings (SSSR count). The number of fused-ring (bicyclic) bond motifs is 4. The molecule has 6 nitrogen and oxygen atoms in total. The third-order valence-electron chi connectivity index (χ3n) is 5.97. The molecule has 3 aromatic carbocycles. The molecular weight excluding hydrogens is 430 g/mol. The third kappa shape index (κ3) is 4.01. The molecule has 6 heteroatoms. The average molecular weight is 451 g/mol. The molecular formula is C28H21NO5. The van der Waals surface area contributed by atoms with Gasteiger partial charge in [-0.3, -0.25) is 9.59 Å². The molecule has 0 bridgehead atoms. The van der Waals surface area contributed by atoms with E-state index in [1.807, 2.05) is 24.3 Å². The average Bonchev–Trinajstić information content (AvgIpc) is 3.19. The quantitative estimate of drug-likeness (QED) is 0.410. The lowest BCUT2D eigenvalue weighted by molar-refractivity contribution is 0.112. The summed E-state index contributed by atoms with van der Waals surface area (Å²) in [6.07, 6.45) is 4.67. The van der Waals surface area contributed by atoms with E-state index in [2.05, 4.69) is 29.6 Å². The summed E-state index contributed by atoms with van der Waals surface area (Å²) < 4.78 is 10.8. The first-order valence-corrected chi connectivity index (χ1v) is 10.9. The second-order valence-corrected chi connectivity index (χ2v) is 8.00. The number of aldehydes is 1. The molecule has 0 saturated carbocycles. The van der Waals surface area contributed by atoms with E-state index in [1.54, 1.807) is 30.4 Å². The molecule has 1 aliphatic carbocycles. The molecule has 1 N–H and O–H groups in total.